The molecule has 0 N–H and O–H groups in total. The molecule has 0 saturated heterocycles. The number of esters is 1. The predicted molar refractivity (Wildman–Crippen MR) is 66.5 cm³/mol. The van der Waals surface area contributed by atoms with Crippen LogP contribution in [0.1, 0.15) is 59.3 Å². The maximum atomic E-state index is 12.0. The molecule has 3 saturated carbocycles. The first-order chi connectivity index (χ1) is 7.95. The van der Waals surface area contributed by atoms with Crippen molar-refractivity contribution < 1.29 is 9.53 Å². The third-order valence-electron chi connectivity index (χ3n) is 6.41. The zero-order chi connectivity index (χ0) is 12.3. The first kappa shape index (κ1) is 11.6. The monoisotopic (exact) mass is 236 g/mol. The van der Waals surface area contributed by atoms with Crippen molar-refractivity contribution in [3.8, 4) is 0 Å². The van der Waals surface area contributed by atoms with Gasteiger partial charge >= 0.3 is 5.97 Å². The maximum Gasteiger partial charge on any atom is 0.309 e. The molecule has 0 amide bonds. The smallest absolute Gasteiger partial charge is 0.309 e. The Morgan fingerprint density at radius 3 is 2.29 bits per heavy atom. The van der Waals surface area contributed by atoms with Crippen LogP contribution in [0.15, 0.2) is 0 Å². The molecular weight excluding hydrogens is 212 g/mol. The summed E-state index contributed by atoms with van der Waals surface area (Å²) in [6.45, 7) is 7.06. The van der Waals surface area contributed by atoms with E-state index in [0.717, 1.165) is 25.2 Å². The van der Waals surface area contributed by atoms with Crippen molar-refractivity contribution in [3.63, 3.8) is 0 Å². The lowest BCUT2D eigenvalue weighted by atomic mass is 9.70. The van der Waals surface area contributed by atoms with E-state index in [-0.39, 0.29) is 23.4 Å². The minimum Gasteiger partial charge on any atom is -0.462 e. The Kier molecular flexibility index (Phi) is 2.37. The SMILES string of the molecule is CC1(C)[C@H]2CC[C@]1(C)[C@H](OC(=O)C1CCC1)C2. The molecule has 0 spiro atoms. The van der Waals surface area contributed by atoms with Crippen molar-refractivity contribution in [1.82, 2.24) is 0 Å². The Hall–Kier alpha value is -0.530. The predicted octanol–water partition coefficient (Wildman–Crippen LogP) is 3.54. The molecule has 0 aromatic rings. The molecular formula is C15H24O2. The van der Waals surface area contributed by atoms with Crippen LogP contribution in [0, 0.1) is 22.7 Å². The average molecular weight is 236 g/mol. The first-order valence-corrected chi connectivity index (χ1v) is 7.15. The van der Waals surface area contributed by atoms with E-state index in [4.69, 9.17) is 4.74 Å². The van der Waals surface area contributed by atoms with Crippen LogP contribution < -0.4 is 0 Å². The van der Waals surface area contributed by atoms with Gasteiger partial charge in [-0.15, -0.1) is 0 Å². The van der Waals surface area contributed by atoms with Crippen LogP contribution in [-0.4, -0.2) is 12.1 Å². The van der Waals surface area contributed by atoms with Crippen molar-refractivity contribution in [2.75, 3.05) is 0 Å². The Balaban J connectivity index is 1.71. The van der Waals surface area contributed by atoms with Crippen molar-refractivity contribution >= 4 is 5.97 Å². The summed E-state index contributed by atoms with van der Waals surface area (Å²) >= 11 is 0. The van der Waals surface area contributed by atoms with Gasteiger partial charge in [0.2, 0.25) is 0 Å². The summed E-state index contributed by atoms with van der Waals surface area (Å²) in [6.07, 6.45) is 7.14. The normalized spacial score (nSPS) is 43.5. The molecule has 96 valence electrons. The van der Waals surface area contributed by atoms with E-state index in [1.54, 1.807) is 0 Å². The van der Waals surface area contributed by atoms with Gasteiger partial charge in [-0.05, 0) is 43.4 Å². The van der Waals surface area contributed by atoms with Gasteiger partial charge < -0.3 is 4.74 Å². The van der Waals surface area contributed by atoms with Crippen LogP contribution in [-0.2, 0) is 9.53 Å². The third kappa shape index (κ3) is 1.42. The number of hydrogen-bond donors (Lipinski definition) is 0. The fourth-order valence-electron chi connectivity index (χ4n) is 4.19. The van der Waals surface area contributed by atoms with Gasteiger partial charge in [-0.1, -0.05) is 27.2 Å². The molecule has 3 fully saturated rings. The first-order valence-electron chi connectivity index (χ1n) is 7.15. The molecule has 0 heterocycles. The molecule has 0 radical (unpaired) electrons. The topological polar surface area (TPSA) is 26.3 Å². The number of fused-ring (bicyclic) bond motifs is 2. The minimum atomic E-state index is 0.0887. The highest BCUT2D eigenvalue weighted by Crippen LogP contribution is 2.66. The van der Waals surface area contributed by atoms with Crippen molar-refractivity contribution in [2.24, 2.45) is 22.7 Å². The van der Waals surface area contributed by atoms with Crippen molar-refractivity contribution in [1.29, 1.82) is 0 Å². The Bertz CT molecular complexity index is 343. The van der Waals surface area contributed by atoms with E-state index < -0.39 is 0 Å². The quantitative estimate of drug-likeness (QED) is 0.685. The summed E-state index contributed by atoms with van der Waals surface area (Å²) in [6, 6.07) is 0. The van der Waals surface area contributed by atoms with Gasteiger partial charge in [-0.25, -0.2) is 0 Å². The molecule has 3 atom stereocenters. The van der Waals surface area contributed by atoms with E-state index in [9.17, 15) is 4.79 Å². The van der Waals surface area contributed by atoms with Gasteiger partial charge in [0.1, 0.15) is 6.10 Å². The molecule has 2 bridgehead atoms. The summed E-state index contributed by atoms with van der Waals surface area (Å²) < 4.78 is 5.85. The van der Waals surface area contributed by atoms with Gasteiger partial charge in [-0.3, -0.25) is 4.79 Å². The molecule has 3 aliphatic carbocycles. The molecule has 0 unspecified atom stereocenters. The molecule has 2 nitrogen and oxygen atoms in total. The second-order valence-electron chi connectivity index (χ2n) is 7.16. The largest absolute Gasteiger partial charge is 0.462 e. The van der Waals surface area contributed by atoms with Crippen LogP contribution in [0.5, 0.6) is 0 Å². The third-order valence-corrected chi connectivity index (χ3v) is 6.41. The zero-order valence-corrected chi connectivity index (χ0v) is 11.3. The lowest BCUT2D eigenvalue weighted by molar-refractivity contribution is -0.164. The molecule has 0 aromatic heterocycles. The summed E-state index contributed by atoms with van der Waals surface area (Å²) in [7, 11) is 0. The second-order valence-corrected chi connectivity index (χ2v) is 7.16. The average Bonchev–Trinajstić information content (AvgIpc) is 2.47. The highest BCUT2D eigenvalue weighted by atomic mass is 16.5. The van der Waals surface area contributed by atoms with Crippen LogP contribution in [0.4, 0.5) is 0 Å². The Morgan fingerprint density at radius 2 is 1.88 bits per heavy atom. The molecule has 3 rings (SSSR count). The summed E-state index contributed by atoms with van der Waals surface area (Å²) in [5.41, 5.74) is 0.564. The standard InChI is InChI=1S/C15H24O2/c1-14(2)11-7-8-15(14,3)12(9-11)17-13(16)10-5-4-6-10/h10-12H,4-9H2,1-3H3/t11-,12+,15+/m0/s1. The fourth-order valence-corrected chi connectivity index (χ4v) is 4.19. The van der Waals surface area contributed by atoms with Crippen LogP contribution in [0.3, 0.4) is 0 Å². The van der Waals surface area contributed by atoms with E-state index in [1.807, 2.05) is 0 Å². The Labute approximate surface area is 104 Å². The number of hydrogen-bond acceptors (Lipinski definition) is 2. The van der Waals surface area contributed by atoms with Crippen molar-refractivity contribution in [2.45, 2.75) is 65.4 Å². The van der Waals surface area contributed by atoms with Crippen LogP contribution in [0.25, 0.3) is 0 Å². The highest BCUT2D eigenvalue weighted by molar-refractivity contribution is 5.73. The van der Waals surface area contributed by atoms with Gasteiger partial charge in [0, 0.05) is 5.41 Å². The summed E-state index contributed by atoms with van der Waals surface area (Å²) in [5, 5.41) is 0. The van der Waals surface area contributed by atoms with E-state index in [0.29, 0.717) is 5.41 Å². The van der Waals surface area contributed by atoms with Crippen LogP contribution >= 0.6 is 0 Å². The molecule has 2 heteroatoms. The zero-order valence-electron chi connectivity index (χ0n) is 11.3. The second kappa shape index (κ2) is 3.49. The number of carbonyl (C=O) groups excluding carboxylic acids is 1. The molecule has 17 heavy (non-hydrogen) atoms. The number of ether oxygens (including phenoxy) is 1. The van der Waals surface area contributed by atoms with Gasteiger partial charge in [0.25, 0.3) is 0 Å². The number of rotatable bonds is 2. The maximum absolute atomic E-state index is 12.0. The summed E-state index contributed by atoms with van der Waals surface area (Å²) in [5.74, 6) is 1.07. The van der Waals surface area contributed by atoms with E-state index in [1.165, 1.54) is 19.3 Å². The fraction of sp³-hybridized carbons (Fsp3) is 0.933. The van der Waals surface area contributed by atoms with Crippen molar-refractivity contribution in [3.05, 3.63) is 0 Å². The van der Waals surface area contributed by atoms with E-state index >= 15 is 0 Å². The molecule has 0 aromatic carbocycles. The Morgan fingerprint density at radius 1 is 1.18 bits per heavy atom. The van der Waals surface area contributed by atoms with Gasteiger partial charge in [0.15, 0.2) is 0 Å². The van der Waals surface area contributed by atoms with Gasteiger partial charge in [-0.2, -0.15) is 0 Å². The molecule has 3 aliphatic rings. The highest BCUT2D eigenvalue weighted by Gasteiger charge is 2.63. The summed E-state index contributed by atoms with van der Waals surface area (Å²) in [4.78, 5) is 12.0. The molecule has 0 aliphatic heterocycles. The lowest BCUT2D eigenvalue weighted by Crippen LogP contribution is -2.40. The van der Waals surface area contributed by atoms with Gasteiger partial charge in [0.05, 0.1) is 5.92 Å². The lowest BCUT2D eigenvalue weighted by Gasteiger charge is -2.39. The minimum absolute atomic E-state index is 0.0887. The number of carbonyl (C=O) groups is 1. The van der Waals surface area contributed by atoms with E-state index in [2.05, 4.69) is 20.8 Å². The van der Waals surface area contributed by atoms with Crippen LogP contribution in [0.2, 0.25) is 0 Å².